The topological polar surface area (TPSA) is 153 Å². The Morgan fingerprint density at radius 3 is 1.54 bits per heavy atom. The Balaban J connectivity index is 1.08. The lowest BCUT2D eigenvalue weighted by Gasteiger charge is -2.36. The van der Waals surface area contributed by atoms with Crippen LogP contribution in [0.5, 0.6) is 0 Å². The Bertz CT molecular complexity index is 1470. The Labute approximate surface area is 284 Å². The molecule has 12 nitrogen and oxygen atoms in total. The highest BCUT2D eigenvalue weighted by Crippen LogP contribution is 2.47. The average Bonchev–Trinajstić information content (AvgIpc) is 3.85. The molecule has 0 aromatic carbocycles. The standard InChI is InChI=1S/C36H50N12/c1-39-19-5-9-23-27(13-19)36-46-31(23)44-34-25-11-17(15-37)3-7-21(25)29(42-34)41-33-26-12-18(16-38)4-8-22(26)30(43-33)45-35-28-14-20(40-2)6-10-24(28)32(47-35)48-36/h17-22,24-30,32-36,41-48H,3-14H2. The van der Waals surface area contributed by atoms with Gasteiger partial charge in [0.1, 0.15) is 5.82 Å². The van der Waals surface area contributed by atoms with Crippen molar-refractivity contribution in [2.75, 3.05) is 0 Å². The molecule has 0 spiro atoms. The molecule has 254 valence electrons. The molecule has 8 N–H and O–H groups in total. The first-order chi connectivity index (χ1) is 23.5. The van der Waals surface area contributed by atoms with Gasteiger partial charge in [0.05, 0.1) is 55.3 Å². The van der Waals surface area contributed by atoms with Gasteiger partial charge < -0.3 is 20.3 Å². The van der Waals surface area contributed by atoms with Crippen LogP contribution in [0, 0.1) is 89.1 Å². The highest BCUT2D eigenvalue weighted by molar-refractivity contribution is 5.28. The average molecular weight is 651 g/mol. The summed E-state index contributed by atoms with van der Waals surface area (Å²) >= 11 is 0. The van der Waals surface area contributed by atoms with Gasteiger partial charge >= 0.3 is 0 Å². The van der Waals surface area contributed by atoms with E-state index in [9.17, 15) is 10.5 Å². The van der Waals surface area contributed by atoms with Crippen LogP contribution in [0.3, 0.4) is 0 Å². The van der Waals surface area contributed by atoms with Gasteiger partial charge in [-0.3, -0.25) is 31.9 Å². The summed E-state index contributed by atoms with van der Waals surface area (Å²) in [6.07, 6.45) is 11.9. The molecule has 4 saturated carbocycles. The smallest absolute Gasteiger partial charge is 0.224 e. The van der Waals surface area contributed by atoms with E-state index in [0.29, 0.717) is 35.5 Å². The van der Waals surface area contributed by atoms with Crippen molar-refractivity contribution in [2.45, 2.75) is 132 Å². The molecular weight excluding hydrogens is 600 g/mol. The molecule has 4 saturated heterocycles. The van der Waals surface area contributed by atoms with Crippen molar-refractivity contribution in [2.24, 2.45) is 53.3 Å². The third kappa shape index (κ3) is 5.20. The maximum atomic E-state index is 9.96. The molecule has 4 aliphatic carbocycles. The molecule has 5 heterocycles. The number of fused-ring (bicyclic) bond motifs is 19. The van der Waals surface area contributed by atoms with Crippen LogP contribution in [0.1, 0.15) is 77.0 Å². The van der Waals surface area contributed by atoms with Crippen LogP contribution in [-0.2, 0) is 0 Å². The van der Waals surface area contributed by atoms with Gasteiger partial charge in [0.15, 0.2) is 0 Å². The lowest BCUT2D eigenvalue weighted by Crippen LogP contribution is -2.60. The minimum atomic E-state index is 0.0272. The quantitative estimate of drug-likeness (QED) is 0.183. The summed E-state index contributed by atoms with van der Waals surface area (Å²) < 4.78 is 0. The predicted octanol–water partition coefficient (Wildman–Crippen LogP) is 2.17. The molecule has 8 fully saturated rings. The largest absolute Gasteiger partial charge is 0.356 e. The van der Waals surface area contributed by atoms with Gasteiger partial charge in [-0.1, -0.05) is 0 Å². The molecule has 12 heteroatoms. The molecule has 0 aromatic rings. The van der Waals surface area contributed by atoms with Gasteiger partial charge in [0, 0.05) is 49.4 Å². The molecule has 18 atom stereocenters. The molecule has 0 amide bonds. The first kappa shape index (κ1) is 31.1. The van der Waals surface area contributed by atoms with Crippen LogP contribution in [0.2, 0.25) is 0 Å². The zero-order valence-electron chi connectivity index (χ0n) is 27.7. The summed E-state index contributed by atoms with van der Waals surface area (Å²) in [6.45, 7) is 15.7. The lowest BCUT2D eigenvalue weighted by molar-refractivity contribution is 0.156. The van der Waals surface area contributed by atoms with E-state index in [0.717, 1.165) is 82.9 Å². The molecule has 0 radical (unpaired) electrons. The zero-order chi connectivity index (χ0) is 32.5. The fraction of sp³-hybridized carbons (Fsp3) is 0.833. The van der Waals surface area contributed by atoms with Crippen molar-refractivity contribution in [1.82, 2.24) is 42.5 Å². The van der Waals surface area contributed by atoms with Crippen LogP contribution in [0.25, 0.3) is 9.69 Å². The second-order valence-corrected chi connectivity index (χ2v) is 16.6. The van der Waals surface area contributed by atoms with Gasteiger partial charge in [0.2, 0.25) is 12.1 Å². The molecule has 18 unspecified atom stereocenters. The van der Waals surface area contributed by atoms with Crippen LogP contribution in [0.4, 0.5) is 0 Å². The SMILES string of the molecule is [C-]#[N+]C1CCC2=C3NC(NC4NC(NC5NC(NC6NC(N3)C3CC(C#N)CCC63)C3CC(C#N)CCC53)C3CC([N+]#[C-])CCC43)C2C1. The molecule has 8 bridgehead atoms. The van der Waals surface area contributed by atoms with Gasteiger partial charge in [-0.15, -0.1) is 0 Å². The van der Waals surface area contributed by atoms with Gasteiger partial charge in [0.25, 0.3) is 0 Å². The summed E-state index contributed by atoms with van der Waals surface area (Å²) in [5, 5.41) is 52.1. The summed E-state index contributed by atoms with van der Waals surface area (Å²) in [5.41, 5.74) is 1.41. The van der Waals surface area contributed by atoms with Crippen LogP contribution in [-0.4, -0.2) is 55.2 Å². The van der Waals surface area contributed by atoms with E-state index in [1.165, 1.54) is 5.57 Å². The third-order valence-corrected chi connectivity index (χ3v) is 14.3. The third-order valence-electron chi connectivity index (χ3n) is 14.3. The van der Waals surface area contributed by atoms with Crippen molar-refractivity contribution in [3.63, 3.8) is 0 Å². The fourth-order valence-corrected chi connectivity index (χ4v) is 11.9. The second-order valence-electron chi connectivity index (χ2n) is 16.6. The molecule has 48 heavy (non-hydrogen) atoms. The van der Waals surface area contributed by atoms with Gasteiger partial charge in [-0.05, 0) is 86.5 Å². The Morgan fingerprint density at radius 1 is 0.500 bits per heavy atom. The predicted molar refractivity (Wildman–Crippen MR) is 177 cm³/mol. The van der Waals surface area contributed by atoms with Crippen LogP contribution in [0.15, 0.2) is 11.4 Å². The van der Waals surface area contributed by atoms with Crippen molar-refractivity contribution < 1.29 is 0 Å². The van der Waals surface area contributed by atoms with Crippen molar-refractivity contribution in [1.29, 1.82) is 10.5 Å². The second kappa shape index (κ2) is 12.4. The van der Waals surface area contributed by atoms with Crippen molar-refractivity contribution >= 4 is 0 Å². The Hall–Kier alpha value is -2.94. The Kier molecular flexibility index (Phi) is 8.05. The first-order valence-electron chi connectivity index (χ1n) is 18.9. The Morgan fingerprint density at radius 2 is 0.958 bits per heavy atom. The van der Waals surface area contributed by atoms with Crippen molar-refractivity contribution in [3.8, 4) is 12.1 Å². The van der Waals surface area contributed by atoms with Crippen LogP contribution >= 0.6 is 0 Å². The first-order valence-corrected chi connectivity index (χ1v) is 18.9. The maximum Gasteiger partial charge on any atom is 0.224 e. The van der Waals surface area contributed by atoms with Crippen LogP contribution < -0.4 is 42.5 Å². The maximum absolute atomic E-state index is 9.96. The molecule has 5 aliphatic heterocycles. The van der Waals surface area contributed by atoms with E-state index in [2.05, 4.69) is 64.4 Å². The summed E-state index contributed by atoms with van der Waals surface area (Å²) in [7, 11) is 0. The number of hydrogen-bond acceptors (Lipinski definition) is 10. The lowest BCUT2D eigenvalue weighted by atomic mass is 9.73. The van der Waals surface area contributed by atoms with Gasteiger partial charge in [-0.2, -0.15) is 10.5 Å². The van der Waals surface area contributed by atoms with E-state index in [-0.39, 0.29) is 73.0 Å². The summed E-state index contributed by atoms with van der Waals surface area (Å²) in [4.78, 5) is 8.03. The minimum Gasteiger partial charge on any atom is -0.356 e. The number of nitrogens with one attached hydrogen (secondary N) is 8. The van der Waals surface area contributed by atoms with E-state index in [1.807, 2.05) is 0 Å². The molecular formula is C36H50N12. The minimum absolute atomic E-state index is 0.0272. The normalized spacial score (nSPS) is 52.1. The monoisotopic (exact) mass is 650 g/mol. The zero-order valence-corrected chi connectivity index (χ0v) is 27.7. The number of rotatable bonds is 0. The molecule has 9 aliphatic rings. The summed E-state index contributed by atoms with van der Waals surface area (Å²) in [5.74, 6) is 3.84. The highest BCUT2D eigenvalue weighted by Gasteiger charge is 2.55. The van der Waals surface area contributed by atoms with E-state index in [1.54, 1.807) is 0 Å². The summed E-state index contributed by atoms with van der Waals surface area (Å²) in [6, 6.07) is 5.33. The fourth-order valence-electron chi connectivity index (χ4n) is 11.9. The molecule has 9 rings (SSSR count). The number of nitriles is 2. The number of nitrogens with zero attached hydrogens (tertiary/aromatic N) is 4. The van der Waals surface area contributed by atoms with E-state index in [4.69, 9.17) is 13.1 Å². The van der Waals surface area contributed by atoms with E-state index >= 15 is 0 Å². The molecule has 0 aromatic heterocycles. The number of hydrogen-bond donors (Lipinski definition) is 8. The van der Waals surface area contributed by atoms with Crippen molar-refractivity contribution in [3.05, 3.63) is 34.2 Å². The van der Waals surface area contributed by atoms with E-state index < -0.39 is 0 Å². The highest BCUT2D eigenvalue weighted by atomic mass is 15.4. The van der Waals surface area contributed by atoms with Gasteiger partial charge in [-0.25, -0.2) is 13.1 Å².